The van der Waals surface area contributed by atoms with Crippen LogP contribution in [0.2, 0.25) is 10.0 Å². The Morgan fingerprint density at radius 3 is 2.16 bits per heavy atom. The summed E-state index contributed by atoms with van der Waals surface area (Å²) in [5.41, 5.74) is 11.1. The molecule has 51 heavy (non-hydrogen) atoms. The van der Waals surface area contributed by atoms with Crippen LogP contribution in [0.25, 0.3) is 0 Å². The van der Waals surface area contributed by atoms with E-state index in [1.165, 1.54) is 4.90 Å². The molecule has 8 N–H and O–H groups in total. The van der Waals surface area contributed by atoms with Crippen molar-refractivity contribution >= 4 is 52.6 Å². The molecule has 0 spiro atoms. The molecule has 3 aromatic rings. The van der Waals surface area contributed by atoms with Crippen molar-refractivity contribution in [3.8, 4) is 17.2 Å². The molecule has 2 saturated heterocycles. The number of rotatable bonds is 12. The summed E-state index contributed by atoms with van der Waals surface area (Å²) in [5.74, 6) is -1.21. The second kappa shape index (κ2) is 19.6. The maximum atomic E-state index is 11.1. The summed E-state index contributed by atoms with van der Waals surface area (Å²) in [6, 6.07) is 17.9. The van der Waals surface area contributed by atoms with Crippen LogP contribution in [0.3, 0.4) is 0 Å². The van der Waals surface area contributed by atoms with Crippen molar-refractivity contribution in [1.29, 1.82) is 0 Å². The second-order valence-corrected chi connectivity index (χ2v) is 11.9. The van der Waals surface area contributed by atoms with Gasteiger partial charge < -0.3 is 61.0 Å². The summed E-state index contributed by atoms with van der Waals surface area (Å²) < 4.78 is 53.7. The Kier molecular flexibility index (Phi) is 15.7. The van der Waals surface area contributed by atoms with Crippen molar-refractivity contribution in [3.05, 3.63) is 76.8 Å². The van der Waals surface area contributed by atoms with Crippen molar-refractivity contribution in [2.24, 2.45) is 11.5 Å². The third-order valence-corrected chi connectivity index (χ3v) is 7.30. The van der Waals surface area contributed by atoms with Crippen LogP contribution in [0.4, 0.5) is 34.1 Å². The van der Waals surface area contributed by atoms with Gasteiger partial charge in [0.1, 0.15) is 61.7 Å². The molecule has 3 aromatic carbocycles. The molecule has 2 aliphatic heterocycles. The third kappa shape index (κ3) is 15.8. The average Bonchev–Trinajstić information content (AvgIpc) is 3.78. The topological polar surface area (TPSA) is 215 Å². The van der Waals surface area contributed by atoms with E-state index in [0.29, 0.717) is 46.1 Å². The van der Waals surface area contributed by atoms with Gasteiger partial charge in [0.15, 0.2) is 6.10 Å². The Morgan fingerprint density at radius 2 is 1.55 bits per heavy atom. The maximum absolute atomic E-state index is 11.1. The number of hydrogen-bond donors (Lipinski definition) is 6. The lowest BCUT2D eigenvalue weighted by molar-refractivity contribution is -0.891. The standard InChI is InChI=1S/C20H23Cl2N3O4.C10H12N2O3.C2HF3O2/c21-13-1-4-16(5-2-13)29-17-7-8-25(11-17)10-15(26)12-28-19-6-3-14(22)9-18(19)24-20(23)27;11-10(13)12-8-3-1-2-4-9(8)15-6-7-5-14-7;3-2(4,5)1(6)7/h1-6,9,15,17,26H,7-8,10-12H2,(H3,23,24,27);1-4,7H,5-6H2,(H3,11,12,13);(H,6,7). The van der Waals surface area contributed by atoms with Gasteiger partial charge in [0, 0.05) is 16.5 Å². The van der Waals surface area contributed by atoms with Crippen molar-refractivity contribution in [2.45, 2.75) is 30.9 Å². The smallest absolute Gasteiger partial charge is 0.430 e. The number of para-hydroxylation sites is 2. The van der Waals surface area contributed by atoms with E-state index in [2.05, 4.69) is 10.6 Å². The number of aliphatic hydroxyl groups is 1. The van der Waals surface area contributed by atoms with E-state index in [1.807, 2.05) is 18.2 Å². The lowest BCUT2D eigenvalue weighted by Crippen LogP contribution is -3.11. The number of carbonyl (C=O) groups excluding carboxylic acids is 3. The molecule has 4 unspecified atom stereocenters. The zero-order valence-corrected chi connectivity index (χ0v) is 28.3. The number of nitrogens with one attached hydrogen (secondary N) is 3. The predicted molar refractivity (Wildman–Crippen MR) is 178 cm³/mol. The minimum atomic E-state index is -5.19. The van der Waals surface area contributed by atoms with Crippen LogP contribution in [0.1, 0.15) is 6.42 Å². The van der Waals surface area contributed by atoms with Gasteiger partial charge in [-0.05, 0) is 54.6 Å². The first-order valence-corrected chi connectivity index (χ1v) is 15.9. The van der Waals surface area contributed by atoms with Crippen LogP contribution in [0.15, 0.2) is 66.7 Å². The first-order chi connectivity index (χ1) is 24.1. The van der Waals surface area contributed by atoms with E-state index in [4.69, 9.17) is 63.5 Å². The number of carboxylic acid groups (broad SMARTS) is 1. The number of amides is 4. The second-order valence-electron chi connectivity index (χ2n) is 11.0. The van der Waals surface area contributed by atoms with E-state index in [9.17, 15) is 27.9 Å². The highest BCUT2D eigenvalue weighted by atomic mass is 35.5. The maximum Gasteiger partial charge on any atom is 0.430 e. The van der Waals surface area contributed by atoms with Gasteiger partial charge in [-0.3, -0.25) is 0 Å². The Hall–Kier alpha value is -4.68. The molecule has 2 fully saturated rings. The number of carbonyl (C=O) groups is 3. The average molecular weight is 763 g/mol. The quantitative estimate of drug-likeness (QED) is 0.149. The SMILES string of the molecule is NC(=O)Nc1cc(Cl)ccc1OCC(O)C[NH+]1CCC(Oc2ccc(Cl)cc2)C1.NC(=O)Nc1ccccc1OCC1CO1.O=C([O-])C(F)(F)F. The molecular weight excluding hydrogens is 726 g/mol. The summed E-state index contributed by atoms with van der Waals surface area (Å²) in [4.78, 5) is 31.8. The molecule has 0 saturated carbocycles. The molecule has 0 aromatic heterocycles. The van der Waals surface area contributed by atoms with Gasteiger partial charge in [-0.25, -0.2) is 9.59 Å². The summed E-state index contributed by atoms with van der Waals surface area (Å²) >= 11 is 11.8. The van der Waals surface area contributed by atoms with Crippen molar-refractivity contribution in [2.75, 3.05) is 50.1 Å². The van der Waals surface area contributed by atoms with Gasteiger partial charge in [-0.15, -0.1) is 0 Å². The number of likely N-dealkylation sites (tertiary alicyclic amines) is 1. The number of urea groups is 2. The van der Waals surface area contributed by atoms with E-state index in [-0.39, 0.29) is 18.8 Å². The number of primary amides is 2. The number of alkyl halides is 3. The molecule has 278 valence electrons. The van der Waals surface area contributed by atoms with E-state index >= 15 is 0 Å². The number of carboxylic acids is 1. The molecular formula is C32H36Cl2F3N5O9. The van der Waals surface area contributed by atoms with Crippen LogP contribution in [-0.2, 0) is 9.53 Å². The monoisotopic (exact) mass is 761 g/mol. The van der Waals surface area contributed by atoms with Crippen molar-refractivity contribution in [1.82, 2.24) is 0 Å². The van der Waals surface area contributed by atoms with Gasteiger partial charge in [0.05, 0.1) is 24.5 Å². The Bertz CT molecular complexity index is 1600. The van der Waals surface area contributed by atoms with Crippen molar-refractivity contribution < 1.29 is 61.6 Å². The lowest BCUT2D eigenvalue weighted by Gasteiger charge is -2.19. The molecule has 19 heteroatoms. The molecule has 4 amide bonds. The number of aliphatic hydroxyl groups excluding tert-OH is 1. The fourth-order valence-electron chi connectivity index (χ4n) is 4.49. The van der Waals surface area contributed by atoms with Gasteiger partial charge in [0.2, 0.25) is 0 Å². The first kappa shape index (κ1) is 40.7. The molecule has 2 aliphatic rings. The Labute approximate surface area is 300 Å². The zero-order valence-electron chi connectivity index (χ0n) is 26.8. The highest BCUT2D eigenvalue weighted by Crippen LogP contribution is 2.28. The van der Waals surface area contributed by atoms with Crippen LogP contribution < -0.4 is 46.3 Å². The number of ether oxygens (including phenoxy) is 4. The zero-order chi connectivity index (χ0) is 37.6. The van der Waals surface area contributed by atoms with Crippen LogP contribution in [0, 0.1) is 0 Å². The first-order valence-electron chi connectivity index (χ1n) is 15.2. The highest BCUT2D eigenvalue weighted by molar-refractivity contribution is 6.31. The normalized spacial score (nSPS) is 18.0. The van der Waals surface area contributed by atoms with Crippen molar-refractivity contribution in [3.63, 3.8) is 0 Å². The van der Waals surface area contributed by atoms with E-state index < -0.39 is 30.3 Å². The van der Waals surface area contributed by atoms with Gasteiger partial charge in [-0.2, -0.15) is 13.2 Å². The summed E-state index contributed by atoms with van der Waals surface area (Å²) in [5, 5.41) is 25.2. The number of quaternary nitrogens is 1. The fourth-order valence-corrected chi connectivity index (χ4v) is 4.79. The third-order valence-electron chi connectivity index (χ3n) is 6.81. The summed E-state index contributed by atoms with van der Waals surface area (Å²) in [7, 11) is 0. The minimum absolute atomic E-state index is 0.0846. The van der Waals surface area contributed by atoms with Crippen LogP contribution >= 0.6 is 23.2 Å². The summed E-state index contributed by atoms with van der Waals surface area (Å²) in [6.45, 7) is 3.57. The number of epoxide rings is 1. The largest absolute Gasteiger partial charge is 0.542 e. The van der Waals surface area contributed by atoms with Gasteiger partial charge in [-0.1, -0.05) is 35.3 Å². The molecule has 0 radical (unpaired) electrons. The number of aliphatic carboxylic acids is 1. The molecule has 2 heterocycles. The minimum Gasteiger partial charge on any atom is -0.542 e. The number of nitrogens with two attached hydrogens (primary N) is 2. The van der Waals surface area contributed by atoms with E-state index in [0.717, 1.165) is 31.9 Å². The lowest BCUT2D eigenvalue weighted by atomic mass is 10.3. The van der Waals surface area contributed by atoms with Crippen LogP contribution in [0.5, 0.6) is 17.2 Å². The highest BCUT2D eigenvalue weighted by Gasteiger charge is 2.30. The van der Waals surface area contributed by atoms with E-state index in [1.54, 1.807) is 48.5 Å². The fraction of sp³-hybridized carbons (Fsp3) is 0.344. The molecule has 0 aliphatic carbocycles. The predicted octanol–water partition coefficient (Wildman–Crippen LogP) is 2.21. The molecule has 0 bridgehead atoms. The Balaban J connectivity index is 0.000000264. The number of hydrogen-bond acceptors (Lipinski definition) is 9. The van der Waals surface area contributed by atoms with Gasteiger partial charge >= 0.3 is 18.2 Å². The number of halogens is 5. The summed E-state index contributed by atoms with van der Waals surface area (Å²) in [6.07, 6.45) is -4.67. The molecule has 5 rings (SSSR count). The van der Waals surface area contributed by atoms with Gasteiger partial charge in [0.25, 0.3) is 0 Å². The number of anilines is 2. The van der Waals surface area contributed by atoms with Crippen LogP contribution in [-0.4, -0.2) is 87.1 Å². The number of benzene rings is 3. The Morgan fingerprint density at radius 1 is 0.961 bits per heavy atom. The molecule has 14 nitrogen and oxygen atoms in total. The molecule has 4 atom stereocenters.